The Morgan fingerprint density at radius 2 is 1.59 bits per heavy atom. The van der Waals surface area contributed by atoms with E-state index in [4.69, 9.17) is 16.3 Å². The molecule has 0 unspecified atom stereocenters. The van der Waals surface area contributed by atoms with Crippen LogP contribution in [0.5, 0.6) is 0 Å². The summed E-state index contributed by atoms with van der Waals surface area (Å²) in [7, 11) is 0. The SMILES string of the molecule is CC(C)(C)C1CCC(OC[C@H](O)CN2CCN(Cc3ccc(Cl)cc3)CC2)CC1. The predicted molar refractivity (Wildman–Crippen MR) is 120 cm³/mol. The Kier molecular flexibility index (Phi) is 8.41. The molecule has 1 aromatic carbocycles. The number of aliphatic hydroxyl groups is 1. The lowest BCUT2D eigenvalue weighted by atomic mass is 9.72. The van der Waals surface area contributed by atoms with E-state index in [1.165, 1.54) is 18.4 Å². The fourth-order valence-electron chi connectivity index (χ4n) is 4.67. The molecule has 5 heteroatoms. The minimum absolute atomic E-state index is 0.333. The van der Waals surface area contributed by atoms with Gasteiger partial charge in [0.05, 0.1) is 18.8 Å². The Bertz CT molecular complexity index is 600. The lowest BCUT2D eigenvalue weighted by Gasteiger charge is -2.37. The van der Waals surface area contributed by atoms with Gasteiger partial charge in [-0.2, -0.15) is 0 Å². The van der Waals surface area contributed by atoms with Crippen molar-refractivity contribution in [3.8, 4) is 0 Å². The van der Waals surface area contributed by atoms with Gasteiger partial charge in [-0.3, -0.25) is 9.80 Å². The molecule has 3 rings (SSSR count). The molecular formula is C24H39ClN2O2. The molecule has 0 bridgehead atoms. The van der Waals surface area contributed by atoms with Crippen LogP contribution in [0, 0.1) is 11.3 Å². The summed E-state index contributed by atoms with van der Waals surface area (Å²) in [6.45, 7) is 13.3. The molecular weight excluding hydrogens is 384 g/mol. The number of ether oxygens (including phenoxy) is 1. The number of nitrogens with zero attached hydrogens (tertiary/aromatic N) is 2. The van der Waals surface area contributed by atoms with Crippen molar-refractivity contribution in [3.05, 3.63) is 34.9 Å². The summed E-state index contributed by atoms with van der Waals surface area (Å²) in [6.07, 6.45) is 4.72. The molecule has 1 heterocycles. The summed E-state index contributed by atoms with van der Waals surface area (Å²) < 4.78 is 6.06. The molecule has 1 aliphatic heterocycles. The lowest BCUT2D eigenvalue weighted by molar-refractivity contribution is -0.0473. The van der Waals surface area contributed by atoms with E-state index in [9.17, 15) is 5.11 Å². The van der Waals surface area contributed by atoms with Gasteiger partial charge in [0.2, 0.25) is 0 Å². The van der Waals surface area contributed by atoms with Crippen molar-refractivity contribution in [2.75, 3.05) is 39.3 Å². The predicted octanol–water partition coefficient (Wildman–Crippen LogP) is 4.44. The van der Waals surface area contributed by atoms with Crippen molar-refractivity contribution in [2.24, 2.45) is 11.3 Å². The summed E-state index contributed by atoms with van der Waals surface area (Å²) in [5.41, 5.74) is 1.71. The molecule has 1 aliphatic carbocycles. The fourth-order valence-corrected chi connectivity index (χ4v) is 4.80. The second kappa shape index (κ2) is 10.6. The summed E-state index contributed by atoms with van der Waals surface area (Å²) in [4.78, 5) is 4.83. The Morgan fingerprint density at radius 1 is 1.00 bits per heavy atom. The van der Waals surface area contributed by atoms with E-state index in [1.807, 2.05) is 12.1 Å². The van der Waals surface area contributed by atoms with Gasteiger partial charge in [0.15, 0.2) is 0 Å². The fraction of sp³-hybridized carbons (Fsp3) is 0.750. The summed E-state index contributed by atoms with van der Waals surface area (Å²) in [6, 6.07) is 8.12. The van der Waals surface area contributed by atoms with Crippen molar-refractivity contribution in [2.45, 2.75) is 65.2 Å². The van der Waals surface area contributed by atoms with Gasteiger partial charge in [-0.1, -0.05) is 44.5 Å². The molecule has 2 aliphatic rings. The average Bonchev–Trinajstić information content (AvgIpc) is 2.69. The van der Waals surface area contributed by atoms with Gasteiger partial charge < -0.3 is 9.84 Å². The van der Waals surface area contributed by atoms with Crippen LogP contribution < -0.4 is 0 Å². The summed E-state index contributed by atoms with van der Waals surface area (Å²) >= 11 is 5.97. The van der Waals surface area contributed by atoms with Crippen molar-refractivity contribution >= 4 is 11.6 Å². The minimum atomic E-state index is -0.391. The number of halogens is 1. The molecule has 1 saturated carbocycles. The molecule has 164 valence electrons. The van der Waals surface area contributed by atoms with Crippen LogP contribution in [0.25, 0.3) is 0 Å². The highest BCUT2D eigenvalue weighted by atomic mass is 35.5. The van der Waals surface area contributed by atoms with Crippen LogP contribution in [-0.4, -0.2) is 66.4 Å². The van der Waals surface area contributed by atoms with E-state index in [0.29, 0.717) is 24.7 Å². The lowest BCUT2D eigenvalue weighted by Crippen LogP contribution is -2.48. The zero-order valence-corrected chi connectivity index (χ0v) is 19.2. The van der Waals surface area contributed by atoms with Crippen molar-refractivity contribution in [3.63, 3.8) is 0 Å². The molecule has 0 aromatic heterocycles. The van der Waals surface area contributed by atoms with Gasteiger partial charge in [0.25, 0.3) is 0 Å². The Labute approximate surface area is 182 Å². The Hall–Kier alpha value is -0.650. The quantitative estimate of drug-likeness (QED) is 0.704. The van der Waals surface area contributed by atoms with Gasteiger partial charge in [-0.05, 0) is 54.7 Å². The van der Waals surface area contributed by atoms with Crippen LogP contribution in [0.15, 0.2) is 24.3 Å². The third kappa shape index (κ3) is 7.52. The highest BCUT2D eigenvalue weighted by Gasteiger charge is 2.30. The Morgan fingerprint density at radius 3 is 2.17 bits per heavy atom. The minimum Gasteiger partial charge on any atom is -0.389 e. The maximum absolute atomic E-state index is 10.4. The average molecular weight is 423 g/mol. The van der Waals surface area contributed by atoms with E-state index < -0.39 is 6.10 Å². The van der Waals surface area contributed by atoms with Crippen molar-refractivity contribution in [1.82, 2.24) is 9.80 Å². The number of hydrogen-bond acceptors (Lipinski definition) is 4. The van der Waals surface area contributed by atoms with Crippen LogP contribution >= 0.6 is 11.6 Å². The zero-order chi connectivity index (χ0) is 20.9. The summed E-state index contributed by atoms with van der Waals surface area (Å²) in [5.74, 6) is 0.802. The third-order valence-electron chi connectivity index (χ3n) is 6.68. The van der Waals surface area contributed by atoms with Crippen LogP contribution in [0.3, 0.4) is 0 Å². The molecule has 1 saturated heterocycles. The molecule has 1 aromatic rings. The van der Waals surface area contributed by atoms with E-state index in [2.05, 4.69) is 42.7 Å². The molecule has 4 nitrogen and oxygen atoms in total. The molecule has 1 N–H and O–H groups in total. The highest BCUT2D eigenvalue weighted by molar-refractivity contribution is 6.30. The van der Waals surface area contributed by atoms with Crippen molar-refractivity contribution in [1.29, 1.82) is 0 Å². The number of β-amino-alcohol motifs (C(OH)–C–C–N with tert-alkyl or cyclic N) is 1. The van der Waals surface area contributed by atoms with E-state index in [1.54, 1.807) is 0 Å². The third-order valence-corrected chi connectivity index (χ3v) is 6.93. The monoisotopic (exact) mass is 422 g/mol. The first-order chi connectivity index (χ1) is 13.8. The van der Waals surface area contributed by atoms with E-state index in [0.717, 1.165) is 56.5 Å². The number of rotatable bonds is 7. The maximum atomic E-state index is 10.4. The molecule has 0 amide bonds. The first-order valence-electron chi connectivity index (χ1n) is 11.3. The van der Waals surface area contributed by atoms with Crippen LogP contribution in [0.4, 0.5) is 0 Å². The molecule has 0 radical (unpaired) electrons. The second-order valence-electron chi connectivity index (χ2n) is 10.0. The number of benzene rings is 1. The molecule has 0 spiro atoms. The van der Waals surface area contributed by atoms with Crippen LogP contribution in [0.1, 0.15) is 52.0 Å². The topological polar surface area (TPSA) is 35.9 Å². The zero-order valence-electron chi connectivity index (χ0n) is 18.4. The molecule has 1 atom stereocenters. The normalized spacial score (nSPS) is 25.8. The number of piperazine rings is 1. The van der Waals surface area contributed by atoms with Gasteiger partial charge in [-0.15, -0.1) is 0 Å². The highest BCUT2D eigenvalue weighted by Crippen LogP contribution is 2.38. The van der Waals surface area contributed by atoms with Crippen molar-refractivity contribution < 1.29 is 9.84 Å². The van der Waals surface area contributed by atoms with E-state index in [-0.39, 0.29) is 0 Å². The smallest absolute Gasteiger partial charge is 0.0900 e. The van der Waals surface area contributed by atoms with E-state index >= 15 is 0 Å². The standard InChI is InChI=1S/C24H39ClN2O2/c1-24(2,3)20-6-10-23(11-7-20)29-18-22(28)17-27-14-12-26(13-15-27)16-19-4-8-21(25)9-5-19/h4-5,8-9,20,22-23,28H,6-7,10-18H2,1-3H3/t20?,22-,23?/m1/s1. The maximum Gasteiger partial charge on any atom is 0.0900 e. The molecule has 29 heavy (non-hydrogen) atoms. The second-order valence-corrected chi connectivity index (χ2v) is 10.5. The number of hydrogen-bond donors (Lipinski definition) is 1. The first kappa shape index (κ1) is 23.0. The molecule has 2 fully saturated rings. The van der Waals surface area contributed by atoms with Crippen LogP contribution in [0.2, 0.25) is 5.02 Å². The first-order valence-corrected chi connectivity index (χ1v) is 11.7. The van der Waals surface area contributed by atoms with Crippen LogP contribution in [-0.2, 0) is 11.3 Å². The largest absolute Gasteiger partial charge is 0.389 e. The van der Waals surface area contributed by atoms with Gasteiger partial charge in [0, 0.05) is 44.3 Å². The van der Waals surface area contributed by atoms with Gasteiger partial charge in [0.1, 0.15) is 0 Å². The number of aliphatic hydroxyl groups excluding tert-OH is 1. The van der Waals surface area contributed by atoms with Gasteiger partial charge in [-0.25, -0.2) is 0 Å². The summed E-state index contributed by atoms with van der Waals surface area (Å²) in [5, 5.41) is 11.2. The Balaban J connectivity index is 1.30. The van der Waals surface area contributed by atoms with Gasteiger partial charge >= 0.3 is 0 Å².